The third kappa shape index (κ3) is 11.5. The van der Waals surface area contributed by atoms with Crippen LogP contribution in [0, 0.1) is 5.92 Å². The van der Waals surface area contributed by atoms with Gasteiger partial charge in [-0.25, -0.2) is 0 Å². The maximum atomic E-state index is 11.0. The molecule has 0 aromatic rings. The summed E-state index contributed by atoms with van der Waals surface area (Å²) in [4.78, 5) is 11.0. The van der Waals surface area contributed by atoms with Gasteiger partial charge in [-0.3, -0.25) is 4.79 Å². The molecule has 0 aromatic carbocycles. The average Bonchev–Trinajstić information content (AvgIpc) is 3.05. The Morgan fingerprint density at radius 3 is 1.50 bits per heavy atom. The molecule has 0 amide bonds. The van der Waals surface area contributed by atoms with Crippen molar-refractivity contribution < 1.29 is 9.53 Å². The molecule has 0 aliphatic heterocycles. The molecule has 3 aliphatic rings. The summed E-state index contributed by atoms with van der Waals surface area (Å²) in [5.74, 6) is 0.201. The summed E-state index contributed by atoms with van der Waals surface area (Å²) < 4.78 is 5.12. The van der Waals surface area contributed by atoms with Crippen LogP contribution in [0.25, 0.3) is 0 Å². The first-order chi connectivity index (χ1) is 7.49. The van der Waals surface area contributed by atoms with Crippen molar-refractivity contribution >= 4 is 5.97 Å². The molecule has 0 spiro atoms. The van der Waals surface area contributed by atoms with Crippen LogP contribution in [0.1, 0.15) is 72.1 Å². The number of rotatable bonds is 1. The molecule has 3 saturated carbocycles. The Labute approximate surface area is 99.8 Å². The Hall–Kier alpha value is -0.530. The molecule has 0 aromatic heterocycles. The quantitative estimate of drug-likeness (QED) is 0.630. The van der Waals surface area contributed by atoms with Gasteiger partial charge in [-0.2, -0.15) is 0 Å². The van der Waals surface area contributed by atoms with E-state index >= 15 is 0 Å². The Kier molecular flexibility index (Phi) is 5.30. The third-order valence-corrected chi connectivity index (χ3v) is 2.02. The van der Waals surface area contributed by atoms with Crippen molar-refractivity contribution in [3.8, 4) is 0 Å². The van der Waals surface area contributed by atoms with Crippen LogP contribution < -0.4 is 0 Å². The first kappa shape index (κ1) is 13.5. The van der Waals surface area contributed by atoms with Gasteiger partial charge < -0.3 is 4.74 Å². The molecule has 0 unspecified atom stereocenters. The van der Waals surface area contributed by atoms with Gasteiger partial charge in [0.1, 0.15) is 5.60 Å². The van der Waals surface area contributed by atoms with E-state index in [-0.39, 0.29) is 17.5 Å². The van der Waals surface area contributed by atoms with E-state index in [0.717, 1.165) is 12.8 Å². The summed E-state index contributed by atoms with van der Waals surface area (Å²) in [6.45, 7) is 5.69. The van der Waals surface area contributed by atoms with Crippen LogP contribution in [0.4, 0.5) is 0 Å². The summed E-state index contributed by atoms with van der Waals surface area (Å²) in [5.41, 5.74) is -0.306. The predicted octanol–water partition coefficient (Wildman–Crippen LogP) is 4.08. The fourth-order valence-electron chi connectivity index (χ4n) is 0.704. The Balaban J connectivity index is 0.000000170. The molecule has 0 atom stereocenters. The van der Waals surface area contributed by atoms with Gasteiger partial charge in [0.05, 0.1) is 5.92 Å². The Bertz CT molecular complexity index is 196. The van der Waals surface area contributed by atoms with E-state index in [0.29, 0.717) is 0 Å². The molecule has 3 aliphatic carbocycles. The van der Waals surface area contributed by atoms with Crippen LogP contribution in [-0.4, -0.2) is 11.6 Å². The minimum Gasteiger partial charge on any atom is -0.460 e. The summed E-state index contributed by atoms with van der Waals surface area (Å²) in [7, 11) is 0. The molecule has 2 heteroatoms. The standard InChI is InChI=1S/C8H14O2.2C3H6/c1-8(2,3)10-7(9)6-4-5-6;2*1-2-3-1/h6H,4-5H2,1-3H3;2*1-3H2. The van der Waals surface area contributed by atoms with Crippen molar-refractivity contribution in [1.82, 2.24) is 0 Å². The molecule has 2 nitrogen and oxygen atoms in total. The summed E-state index contributed by atoms with van der Waals surface area (Å²) >= 11 is 0. The normalized spacial score (nSPS) is 20.7. The van der Waals surface area contributed by atoms with E-state index in [1.54, 1.807) is 0 Å². The van der Waals surface area contributed by atoms with Crippen LogP contribution in [0.2, 0.25) is 0 Å². The highest BCUT2D eigenvalue weighted by Crippen LogP contribution is 2.31. The molecular formula is C14H26O2. The van der Waals surface area contributed by atoms with Crippen molar-refractivity contribution in [1.29, 1.82) is 0 Å². The van der Waals surface area contributed by atoms with Crippen molar-refractivity contribution in [3.63, 3.8) is 0 Å². The highest BCUT2D eigenvalue weighted by atomic mass is 16.6. The minimum atomic E-state index is -0.306. The molecule has 3 rings (SSSR count). The minimum absolute atomic E-state index is 0.0208. The van der Waals surface area contributed by atoms with E-state index in [1.807, 2.05) is 20.8 Å². The molecular weight excluding hydrogens is 200 g/mol. The van der Waals surface area contributed by atoms with E-state index in [9.17, 15) is 4.79 Å². The molecule has 0 N–H and O–H groups in total. The topological polar surface area (TPSA) is 26.3 Å². The molecule has 16 heavy (non-hydrogen) atoms. The second kappa shape index (κ2) is 6.27. The number of carbonyl (C=O) groups is 1. The summed E-state index contributed by atoms with van der Waals surface area (Å²) in [6.07, 6.45) is 11.0. The SMILES string of the molecule is C1CC1.C1CC1.CC(C)(C)OC(=O)C1CC1. The van der Waals surface area contributed by atoms with E-state index in [2.05, 4.69) is 0 Å². The van der Waals surface area contributed by atoms with Gasteiger partial charge in [0.25, 0.3) is 0 Å². The van der Waals surface area contributed by atoms with Crippen molar-refractivity contribution in [3.05, 3.63) is 0 Å². The second-order valence-electron chi connectivity index (χ2n) is 5.93. The number of esters is 1. The predicted molar refractivity (Wildman–Crippen MR) is 66.3 cm³/mol. The lowest BCUT2D eigenvalue weighted by Gasteiger charge is -2.19. The maximum Gasteiger partial charge on any atom is 0.309 e. The van der Waals surface area contributed by atoms with Gasteiger partial charge in [0, 0.05) is 0 Å². The van der Waals surface area contributed by atoms with Crippen molar-refractivity contribution in [2.75, 3.05) is 0 Å². The average molecular weight is 226 g/mol. The molecule has 0 heterocycles. The molecule has 0 radical (unpaired) electrons. The fraction of sp³-hybridized carbons (Fsp3) is 0.929. The zero-order chi connectivity index (χ0) is 12.0. The Morgan fingerprint density at radius 2 is 1.31 bits per heavy atom. The lowest BCUT2D eigenvalue weighted by atomic mass is 10.2. The highest BCUT2D eigenvalue weighted by Gasteiger charge is 2.33. The van der Waals surface area contributed by atoms with Crippen molar-refractivity contribution in [2.45, 2.75) is 77.7 Å². The fourth-order valence-corrected chi connectivity index (χ4v) is 0.704. The number of carbonyl (C=O) groups excluding carboxylic acids is 1. The van der Waals surface area contributed by atoms with Crippen molar-refractivity contribution in [2.24, 2.45) is 5.92 Å². The van der Waals surface area contributed by atoms with Gasteiger partial charge in [0.2, 0.25) is 0 Å². The zero-order valence-electron chi connectivity index (χ0n) is 11.1. The summed E-state index contributed by atoms with van der Waals surface area (Å²) in [5, 5.41) is 0. The van der Waals surface area contributed by atoms with E-state index in [4.69, 9.17) is 4.74 Å². The number of hydrogen-bond acceptors (Lipinski definition) is 2. The van der Waals surface area contributed by atoms with Crippen LogP contribution in [0.15, 0.2) is 0 Å². The van der Waals surface area contributed by atoms with E-state index in [1.165, 1.54) is 38.5 Å². The van der Waals surface area contributed by atoms with E-state index < -0.39 is 0 Å². The smallest absolute Gasteiger partial charge is 0.309 e. The number of hydrogen-bond donors (Lipinski definition) is 0. The van der Waals surface area contributed by atoms with Crippen LogP contribution in [-0.2, 0) is 9.53 Å². The first-order valence-electron chi connectivity index (χ1n) is 6.72. The zero-order valence-corrected chi connectivity index (χ0v) is 11.1. The molecule has 94 valence electrons. The van der Waals surface area contributed by atoms with Gasteiger partial charge in [-0.05, 0) is 33.6 Å². The molecule has 3 fully saturated rings. The van der Waals surface area contributed by atoms with Crippen LogP contribution >= 0.6 is 0 Å². The number of ether oxygens (including phenoxy) is 1. The monoisotopic (exact) mass is 226 g/mol. The highest BCUT2D eigenvalue weighted by molar-refractivity contribution is 5.75. The molecule has 0 bridgehead atoms. The lowest BCUT2D eigenvalue weighted by Crippen LogP contribution is -2.24. The molecule has 0 saturated heterocycles. The van der Waals surface area contributed by atoms with Gasteiger partial charge in [-0.1, -0.05) is 38.5 Å². The first-order valence-corrected chi connectivity index (χ1v) is 6.72. The lowest BCUT2D eigenvalue weighted by molar-refractivity contribution is -0.156. The van der Waals surface area contributed by atoms with Crippen LogP contribution in [0.5, 0.6) is 0 Å². The Morgan fingerprint density at radius 1 is 0.938 bits per heavy atom. The largest absolute Gasteiger partial charge is 0.460 e. The third-order valence-electron chi connectivity index (χ3n) is 2.02. The van der Waals surface area contributed by atoms with Crippen LogP contribution in [0.3, 0.4) is 0 Å². The van der Waals surface area contributed by atoms with Gasteiger partial charge >= 0.3 is 5.97 Å². The van der Waals surface area contributed by atoms with Gasteiger partial charge in [-0.15, -0.1) is 0 Å². The maximum absolute atomic E-state index is 11.0. The van der Waals surface area contributed by atoms with Gasteiger partial charge in [0.15, 0.2) is 0 Å². The second-order valence-corrected chi connectivity index (χ2v) is 5.93. The summed E-state index contributed by atoms with van der Waals surface area (Å²) in [6, 6.07) is 0.